The number of nitrogens with two attached hydrogens (primary N) is 1. The van der Waals surface area contributed by atoms with Crippen molar-refractivity contribution in [2.75, 3.05) is 7.11 Å². The molecule has 2 fully saturated rings. The van der Waals surface area contributed by atoms with Gasteiger partial charge in [0.05, 0.1) is 13.3 Å². The first-order valence-electron chi connectivity index (χ1n) is 10.7. The molecule has 5 rings (SSSR count). The first-order valence-corrected chi connectivity index (χ1v) is 10.7. The lowest BCUT2D eigenvalue weighted by atomic mass is 9.47. The van der Waals surface area contributed by atoms with Crippen LogP contribution >= 0.6 is 0 Å². The Kier molecular flexibility index (Phi) is 3.88. The van der Waals surface area contributed by atoms with Crippen LogP contribution in [0.2, 0.25) is 0 Å². The average Bonchev–Trinajstić information content (AvgIpc) is 3.25. The van der Waals surface area contributed by atoms with Crippen molar-refractivity contribution in [3.63, 3.8) is 0 Å². The van der Waals surface area contributed by atoms with E-state index in [9.17, 15) is 0 Å². The maximum Gasteiger partial charge on any atom is 0.231 e. The second-order valence-corrected chi connectivity index (χ2v) is 9.87. The van der Waals surface area contributed by atoms with E-state index in [1.165, 1.54) is 44.2 Å². The van der Waals surface area contributed by atoms with Crippen LogP contribution in [0.4, 0.5) is 0 Å². The van der Waals surface area contributed by atoms with Crippen LogP contribution in [0.1, 0.15) is 58.8 Å². The number of methoxy groups -OCH3 is 1. The number of rotatable bonds is 2. The van der Waals surface area contributed by atoms with E-state index in [1.807, 2.05) is 12.5 Å². The Balaban J connectivity index is 1.45. The van der Waals surface area contributed by atoms with E-state index in [2.05, 4.69) is 35.6 Å². The van der Waals surface area contributed by atoms with Crippen LogP contribution in [-0.2, 0) is 0 Å². The summed E-state index contributed by atoms with van der Waals surface area (Å²) in [5, 5.41) is 0. The first-order chi connectivity index (χ1) is 13.0. The molecule has 4 heteroatoms. The van der Waals surface area contributed by atoms with E-state index in [0.717, 1.165) is 24.2 Å². The van der Waals surface area contributed by atoms with E-state index in [-0.39, 0.29) is 5.41 Å². The van der Waals surface area contributed by atoms with Crippen LogP contribution in [0, 0.1) is 28.6 Å². The first kappa shape index (κ1) is 17.5. The minimum atomic E-state index is 0.250. The molecule has 3 unspecified atom stereocenters. The Labute approximate surface area is 162 Å². The summed E-state index contributed by atoms with van der Waals surface area (Å²) in [5.41, 5.74) is 10.1. The fourth-order valence-corrected chi connectivity index (χ4v) is 7.18. The fourth-order valence-electron chi connectivity index (χ4n) is 7.18. The van der Waals surface area contributed by atoms with Gasteiger partial charge in [0.2, 0.25) is 5.88 Å². The number of hydrogen-bond donors (Lipinski definition) is 1. The molecule has 0 radical (unpaired) electrons. The molecule has 2 saturated carbocycles. The van der Waals surface area contributed by atoms with Crippen molar-refractivity contribution in [2.45, 2.75) is 64.8 Å². The van der Waals surface area contributed by atoms with E-state index in [0.29, 0.717) is 17.3 Å². The Morgan fingerprint density at radius 2 is 1.93 bits per heavy atom. The van der Waals surface area contributed by atoms with Gasteiger partial charge >= 0.3 is 0 Å². The van der Waals surface area contributed by atoms with Gasteiger partial charge in [-0.1, -0.05) is 31.6 Å². The molecule has 1 aromatic heterocycles. The van der Waals surface area contributed by atoms with Crippen LogP contribution < -0.4 is 10.5 Å². The molecule has 0 spiro atoms. The molecule has 27 heavy (non-hydrogen) atoms. The molecule has 0 saturated heterocycles. The monoisotopic (exact) mass is 367 g/mol. The van der Waals surface area contributed by atoms with Gasteiger partial charge < -0.3 is 15.0 Å². The topological polar surface area (TPSA) is 53.1 Å². The summed E-state index contributed by atoms with van der Waals surface area (Å²) in [6.07, 6.45) is 17.7. The number of nitrogens with zero attached hydrogens (tertiary/aromatic N) is 2. The molecule has 0 aliphatic heterocycles. The predicted molar refractivity (Wildman–Crippen MR) is 108 cm³/mol. The van der Waals surface area contributed by atoms with Crippen LogP contribution in [0.15, 0.2) is 30.2 Å². The third-order valence-corrected chi connectivity index (χ3v) is 8.73. The van der Waals surface area contributed by atoms with Gasteiger partial charge in [0.15, 0.2) is 0 Å². The summed E-state index contributed by atoms with van der Waals surface area (Å²) < 4.78 is 7.53. The quantitative estimate of drug-likeness (QED) is 0.775. The van der Waals surface area contributed by atoms with E-state index >= 15 is 0 Å². The number of imidazole rings is 1. The van der Waals surface area contributed by atoms with Crippen molar-refractivity contribution < 1.29 is 4.74 Å². The molecule has 1 aromatic rings. The number of fused-ring (bicyclic) bond motifs is 5. The summed E-state index contributed by atoms with van der Waals surface area (Å²) in [6.45, 7) is 5.05. The molecule has 0 aromatic carbocycles. The average molecular weight is 368 g/mol. The van der Waals surface area contributed by atoms with Gasteiger partial charge in [-0.25, -0.2) is 4.98 Å². The summed E-state index contributed by atoms with van der Waals surface area (Å²) >= 11 is 0. The predicted octanol–water partition coefficient (Wildman–Crippen LogP) is 4.63. The van der Waals surface area contributed by atoms with E-state index in [1.54, 1.807) is 12.7 Å². The van der Waals surface area contributed by atoms with Crippen LogP contribution in [0.25, 0.3) is 5.70 Å². The maximum atomic E-state index is 6.30. The fraction of sp³-hybridized carbons (Fsp3) is 0.696. The van der Waals surface area contributed by atoms with Gasteiger partial charge in [-0.05, 0) is 68.1 Å². The number of hydrogen-bond acceptors (Lipinski definition) is 3. The van der Waals surface area contributed by atoms with E-state index < -0.39 is 0 Å². The van der Waals surface area contributed by atoms with Gasteiger partial charge in [0.1, 0.15) is 6.33 Å². The lowest BCUT2D eigenvalue weighted by Gasteiger charge is -2.57. The van der Waals surface area contributed by atoms with Crippen molar-refractivity contribution in [3.05, 3.63) is 30.2 Å². The zero-order valence-electron chi connectivity index (χ0n) is 16.9. The highest BCUT2D eigenvalue weighted by Crippen LogP contribution is 2.65. The number of aromatic nitrogens is 2. The highest BCUT2D eigenvalue weighted by atomic mass is 16.5. The maximum absolute atomic E-state index is 6.30. The minimum Gasteiger partial charge on any atom is -0.480 e. The smallest absolute Gasteiger partial charge is 0.231 e. The van der Waals surface area contributed by atoms with Gasteiger partial charge in [-0.2, -0.15) is 0 Å². The Morgan fingerprint density at radius 3 is 2.70 bits per heavy atom. The molecule has 0 amide bonds. The van der Waals surface area contributed by atoms with Crippen LogP contribution in [0.5, 0.6) is 5.88 Å². The highest BCUT2D eigenvalue weighted by molar-refractivity contribution is 5.57. The second-order valence-electron chi connectivity index (χ2n) is 9.87. The molecule has 2 N–H and O–H groups in total. The third kappa shape index (κ3) is 2.41. The zero-order valence-corrected chi connectivity index (χ0v) is 16.9. The van der Waals surface area contributed by atoms with Crippen LogP contribution in [-0.4, -0.2) is 22.7 Å². The van der Waals surface area contributed by atoms with Crippen molar-refractivity contribution >= 4 is 5.70 Å². The van der Waals surface area contributed by atoms with Gasteiger partial charge in [0.25, 0.3) is 0 Å². The highest BCUT2D eigenvalue weighted by Gasteiger charge is 2.56. The summed E-state index contributed by atoms with van der Waals surface area (Å²) in [6, 6.07) is 0.380. The largest absolute Gasteiger partial charge is 0.480 e. The van der Waals surface area contributed by atoms with Gasteiger partial charge in [-0.15, -0.1) is 0 Å². The molecule has 4 nitrogen and oxygen atoms in total. The summed E-state index contributed by atoms with van der Waals surface area (Å²) in [4.78, 5) is 4.38. The van der Waals surface area contributed by atoms with Crippen molar-refractivity contribution in [1.82, 2.24) is 9.55 Å². The molecule has 1 heterocycles. The summed E-state index contributed by atoms with van der Waals surface area (Å²) in [7, 11) is 1.69. The second kappa shape index (κ2) is 5.97. The van der Waals surface area contributed by atoms with Crippen LogP contribution in [0.3, 0.4) is 0 Å². The molecule has 6 atom stereocenters. The van der Waals surface area contributed by atoms with Gasteiger partial charge in [-0.3, -0.25) is 0 Å². The molecule has 4 aliphatic carbocycles. The molecular formula is C23H33N3O. The minimum absolute atomic E-state index is 0.250. The zero-order chi connectivity index (χ0) is 18.8. The molecule has 0 bridgehead atoms. The third-order valence-electron chi connectivity index (χ3n) is 8.73. The number of allylic oxidation sites excluding steroid dienone is 3. The lowest BCUT2D eigenvalue weighted by molar-refractivity contribution is -0.0127. The van der Waals surface area contributed by atoms with Gasteiger partial charge in [0, 0.05) is 17.2 Å². The van der Waals surface area contributed by atoms with Crippen molar-refractivity contribution in [2.24, 2.45) is 34.3 Å². The molecule has 146 valence electrons. The molecular weight excluding hydrogens is 334 g/mol. The normalized spacial score (nSPS) is 43.3. The Morgan fingerprint density at radius 1 is 1.11 bits per heavy atom. The van der Waals surface area contributed by atoms with Crippen molar-refractivity contribution in [1.29, 1.82) is 0 Å². The van der Waals surface area contributed by atoms with Crippen molar-refractivity contribution in [3.8, 4) is 5.88 Å². The number of ether oxygens (including phenoxy) is 1. The van der Waals surface area contributed by atoms with E-state index in [4.69, 9.17) is 10.5 Å². The summed E-state index contributed by atoms with van der Waals surface area (Å²) in [5.74, 6) is 3.07. The lowest BCUT2D eigenvalue weighted by Crippen LogP contribution is -2.50. The Hall–Kier alpha value is -1.55. The SMILES string of the molecule is COc1cn(C2=CCC3C4CC=C5C[C@@H](N)CC[C@]5(C)C4CC[C@]23C)cn1. The standard InChI is InChI=1S/C23H33N3O/c1-22-10-8-16(24)12-15(22)4-5-17-18-6-7-20(23(18,2)11-9-19(17)22)26-13-21(27-3)25-14-26/h4,7,13-14,16-19H,5-6,8-12,24H2,1-3H3/t16-,17?,18?,19?,22-,23-/m0/s1. The molecule has 4 aliphatic rings. The Bertz CT molecular complexity index is 808.